The summed E-state index contributed by atoms with van der Waals surface area (Å²) in [5.74, 6) is -0.0368. The van der Waals surface area contributed by atoms with E-state index in [9.17, 15) is 9.59 Å². The molecule has 0 radical (unpaired) electrons. The van der Waals surface area contributed by atoms with Crippen molar-refractivity contribution >= 4 is 28.7 Å². The summed E-state index contributed by atoms with van der Waals surface area (Å²) >= 11 is 0. The van der Waals surface area contributed by atoms with E-state index in [-0.39, 0.29) is 5.78 Å². The van der Waals surface area contributed by atoms with E-state index in [4.69, 9.17) is 0 Å². The Bertz CT molecular complexity index is 587. The molecule has 0 aliphatic carbocycles. The van der Waals surface area contributed by atoms with Crippen LogP contribution in [0.4, 0.5) is 5.69 Å². The second kappa shape index (κ2) is 4.37. The molecule has 17 heavy (non-hydrogen) atoms. The van der Waals surface area contributed by atoms with Gasteiger partial charge in [0.05, 0.1) is 5.52 Å². The summed E-state index contributed by atoms with van der Waals surface area (Å²) in [6, 6.07) is 3.46. The molecule has 0 unspecified atom stereocenters. The first kappa shape index (κ1) is 11.3. The summed E-state index contributed by atoms with van der Waals surface area (Å²) in [5, 5.41) is 10.4. The van der Waals surface area contributed by atoms with Gasteiger partial charge in [0, 0.05) is 30.1 Å². The lowest BCUT2D eigenvalue weighted by Gasteiger charge is -2.03. The Labute approximate surface area is 98.2 Å². The summed E-state index contributed by atoms with van der Waals surface area (Å²) in [7, 11) is 1.74. The van der Waals surface area contributed by atoms with E-state index in [1.807, 2.05) is 0 Å². The van der Waals surface area contributed by atoms with Crippen LogP contribution in [-0.4, -0.2) is 29.3 Å². The first-order valence-electron chi connectivity index (χ1n) is 5.39. The van der Waals surface area contributed by atoms with Crippen molar-refractivity contribution in [3.05, 3.63) is 23.4 Å². The number of hydrogen-bond acceptors (Lipinski definition) is 4. The van der Waals surface area contributed by atoms with E-state index in [1.54, 1.807) is 26.1 Å². The van der Waals surface area contributed by atoms with Gasteiger partial charge in [0.15, 0.2) is 12.1 Å². The number of carbonyl (C=O) groups is 2. The molecule has 0 saturated carbocycles. The summed E-state index contributed by atoms with van der Waals surface area (Å²) in [6.07, 6.45) is 1.16. The van der Waals surface area contributed by atoms with Crippen LogP contribution in [0.2, 0.25) is 0 Å². The second-order valence-corrected chi connectivity index (χ2v) is 3.70. The third-order valence-corrected chi connectivity index (χ3v) is 2.71. The fourth-order valence-corrected chi connectivity index (χ4v) is 1.78. The van der Waals surface area contributed by atoms with Crippen LogP contribution in [0.25, 0.3) is 10.9 Å². The van der Waals surface area contributed by atoms with E-state index in [0.717, 1.165) is 11.8 Å². The quantitative estimate of drug-likeness (QED) is 0.623. The maximum absolute atomic E-state index is 11.7. The lowest BCUT2D eigenvalue weighted by Crippen LogP contribution is -1.98. The zero-order chi connectivity index (χ0) is 12.4. The number of H-pyrrole nitrogens is 1. The average Bonchev–Trinajstić information content (AvgIpc) is 2.78. The predicted molar refractivity (Wildman–Crippen MR) is 65.6 cm³/mol. The largest absolute Gasteiger partial charge is 0.387 e. The number of nitrogens with one attached hydrogen (secondary N) is 2. The van der Waals surface area contributed by atoms with Crippen LogP contribution in [0.1, 0.15) is 34.2 Å². The maximum atomic E-state index is 11.7. The van der Waals surface area contributed by atoms with Crippen LogP contribution in [0.5, 0.6) is 0 Å². The SMILES string of the molecule is CCC(=O)c1n[nH]c2cc(NC)c(C=O)cc12. The molecule has 0 bridgehead atoms. The summed E-state index contributed by atoms with van der Waals surface area (Å²) in [6.45, 7) is 1.78. The molecule has 0 atom stereocenters. The molecule has 0 aliphatic rings. The number of anilines is 1. The third kappa shape index (κ3) is 1.80. The van der Waals surface area contributed by atoms with Gasteiger partial charge in [0.1, 0.15) is 5.69 Å². The first-order valence-corrected chi connectivity index (χ1v) is 5.39. The lowest BCUT2D eigenvalue weighted by atomic mass is 10.1. The van der Waals surface area contributed by atoms with Crippen molar-refractivity contribution in [2.75, 3.05) is 12.4 Å². The first-order chi connectivity index (χ1) is 8.21. The van der Waals surface area contributed by atoms with E-state index >= 15 is 0 Å². The van der Waals surface area contributed by atoms with Crippen molar-refractivity contribution in [3.8, 4) is 0 Å². The van der Waals surface area contributed by atoms with Crippen molar-refractivity contribution in [1.29, 1.82) is 0 Å². The molecule has 88 valence electrons. The molecule has 5 heteroatoms. The van der Waals surface area contributed by atoms with Crippen LogP contribution in [0, 0.1) is 0 Å². The Morgan fingerprint density at radius 1 is 1.53 bits per heavy atom. The normalized spacial score (nSPS) is 10.5. The lowest BCUT2D eigenvalue weighted by molar-refractivity contribution is 0.0984. The Kier molecular flexibility index (Phi) is 2.91. The molecule has 2 N–H and O–H groups in total. The molecule has 1 aromatic carbocycles. The van der Waals surface area contributed by atoms with Gasteiger partial charge in [-0.15, -0.1) is 0 Å². The zero-order valence-electron chi connectivity index (χ0n) is 9.70. The molecular weight excluding hydrogens is 218 g/mol. The van der Waals surface area contributed by atoms with Gasteiger partial charge in [0.2, 0.25) is 0 Å². The Morgan fingerprint density at radius 3 is 2.88 bits per heavy atom. The Balaban J connectivity index is 2.69. The van der Waals surface area contributed by atoms with Crippen molar-refractivity contribution in [3.63, 3.8) is 0 Å². The third-order valence-electron chi connectivity index (χ3n) is 2.71. The molecule has 0 saturated heterocycles. The molecule has 0 spiro atoms. The smallest absolute Gasteiger partial charge is 0.183 e. The van der Waals surface area contributed by atoms with Gasteiger partial charge in [-0.05, 0) is 12.1 Å². The molecule has 0 fully saturated rings. The highest BCUT2D eigenvalue weighted by Gasteiger charge is 2.14. The Hall–Kier alpha value is -2.17. The summed E-state index contributed by atoms with van der Waals surface area (Å²) in [5.41, 5.74) is 2.38. The maximum Gasteiger partial charge on any atom is 0.183 e. The molecular formula is C12H13N3O2. The van der Waals surface area contributed by atoms with Crippen molar-refractivity contribution in [1.82, 2.24) is 10.2 Å². The van der Waals surface area contributed by atoms with Crippen molar-refractivity contribution < 1.29 is 9.59 Å². The number of nitrogens with zero attached hydrogens (tertiary/aromatic N) is 1. The minimum Gasteiger partial charge on any atom is -0.387 e. The standard InChI is InChI=1S/C12H13N3O2/c1-3-11(17)12-8-4-7(6-16)9(13-2)5-10(8)14-15-12/h4-6,13H,3H2,1-2H3,(H,14,15). The molecule has 0 aliphatic heterocycles. The molecule has 2 rings (SSSR count). The van der Waals surface area contributed by atoms with Crippen LogP contribution < -0.4 is 5.32 Å². The number of aldehydes is 1. The average molecular weight is 231 g/mol. The highest BCUT2D eigenvalue weighted by atomic mass is 16.1. The molecule has 0 amide bonds. The minimum atomic E-state index is -0.0368. The fourth-order valence-electron chi connectivity index (χ4n) is 1.78. The summed E-state index contributed by atoms with van der Waals surface area (Å²) < 4.78 is 0. The van der Waals surface area contributed by atoms with Crippen LogP contribution in [0.3, 0.4) is 0 Å². The number of aromatic nitrogens is 2. The van der Waals surface area contributed by atoms with E-state index < -0.39 is 0 Å². The van der Waals surface area contributed by atoms with Gasteiger partial charge in [-0.3, -0.25) is 14.7 Å². The molecule has 1 aromatic heterocycles. The number of benzene rings is 1. The topological polar surface area (TPSA) is 74.8 Å². The van der Waals surface area contributed by atoms with Crippen LogP contribution in [0.15, 0.2) is 12.1 Å². The number of aromatic amines is 1. The highest BCUT2D eigenvalue weighted by Crippen LogP contribution is 2.24. The van der Waals surface area contributed by atoms with Gasteiger partial charge < -0.3 is 5.32 Å². The number of ketones is 1. The van der Waals surface area contributed by atoms with Crippen molar-refractivity contribution in [2.24, 2.45) is 0 Å². The van der Waals surface area contributed by atoms with Crippen LogP contribution >= 0.6 is 0 Å². The highest BCUT2D eigenvalue weighted by molar-refractivity contribution is 6.08. The predicted octanol–water partition coefficient (Wildman–Crippen LogP) is 2.01. The van der Waals surface area contributed by atoms with Crippen LogP contribution in [-0.2, 0) is 0 Å². The van der Waals surface area contributed by atoms with E-state index in [1.165, 1.54) is 0 Å². The van der Waals surface area contributed by atoms with Gasteiger partial charge in [-0.2, -0.15) is 5.10 Å². The monoisotopic (exact) mass is 231 g/mol. The minimum absolute atomic E-state index is 0.0368. The van der Waals surface area contributed by atoms with Gasteiger partial charge >= 0.3 is 0 Å². The number of rotatable bonds is 4. The number of Topliss-reactive ketones (excluding diaryl/α,β-unsaturated/α-hetero) is 1. The van der Waals surface area contributed by atoms with Gasteiger partial charge in [-0.25, -0.2) is 0 Å². The van der Waals surface area contributed by atoms with Crippen molar-refractivity contribution in [2.45, 2.75) is 13.3 Å². The fraction of sp³-hybridized carbons (Fsp3) is 0.250. The van der Waals surface area contributed by atoms with Gasteiger partial charge in [-0.1, -0.05) is 6.92 Å². The molecule has 2 aromatic rings. The van der Waals surface area contributed by atoms with E-state index in [0.29, 0.717) is 28.8 Å². The second-order valence-electron chi connectivity index (χ2n) is 3.70. The number of hydrogen-bond donors (Lipinski definition) is 2. The number of carbonyl (C=O) groups excluding carboxylic acids is 2. The van der Waals surface area contributed by atoms with Gasteiger partial charge in [0.25, 0.3) is 0 Å². The summed E-state index contributed by atoms with van der Waals surface area (Å²) in [4.78, 5) is 22.6. The molecule has 1 heterocycles. The zero-order valence-corrected chi connectivity index (χ0v) is 9.70. The van der Waals surface area contributed by atoms with E-state index in [2.05, 4.69) is 15.5 Å². The number of fused-ring (bicyclic) bond motifs is 1. The molecule has 5 nitrogen and oxygen atoms in total. The Morgan fingerprint density at radius 2 is 2.29 bits per heavy atom.